The number of ether oxygens (including phenoxy) is 1. The summed E-state index contributed by atoms with van der Waals surface area (Å²) in [6.07, 6.45) is 3.62. The molecule has 0 spiro atoms. The molecule has 0 atom stereocenters. The normalized spacial score (nSPS) is 10.8. The summed E-state index contributed by atoms with van der Waals surface area (Å²) in [4.78, 5) is 16.1. The lowest BCUT2D eigenvalue weighted by atomic mass is 10.2. The summed E-state index contributed by atoms with van der Waals surface area (Å²) in [5, 5.41) is 3.95. The van der Waals surface area contributed by atoms with E-state index in [4.69, 9.17) is 16.3 Å². The molecular weight excluding hydrogens is 296 g/mol. The van der Waals surface area contributed by atoms with Crippen molar-refractivity contribution in [3.63, 3.8) is 0 Å². The average Bonchev–Trinajstić information content (AvgIpc) is 2.79. The summed E-state index contributed by atoms with van der Waals surface area (Å²) in [7, 11) is 1.57. The van der Waals surface area contributed by atoms with Crippen molar-refractivity contribution in [1.82, 2.24) is 4.98 Å². The number of benzene rings is 1. The third-order valence-corrected chi connectivity index (χ3v) is 4.14. The van der Waals surface area contributed by atoms with E-state index in [-0.39, 0.29) is 5.91 Å². The molecule has 2 rings (SSSR count). The van der Waals surface area contributed by atoms with Gasteiger partial charge in [-0.25, -0.2) is 4.98 Å². The van der Waals surface area contributed by atoms with Gasteiger partial charge in [-0.3, -0.25) is 4.79 Å². The standard InChI is InChI=1S/C14H17ClN2O2S/c1-3-4-5-6-13(18)17-14-16-10-7-9(15)11(19-2)8-12(10)20-14/h7-8H,3-6H2,1-2H3,(H,16,17,18). The van der Waals surface area contributed by atoms with Crippen LogP contribution in [0.15, 0.2) is 12.1 Å². The van der Waals surface area contributed by atoms with Crippen LogP contribution in [0, 0.1) is 0 Å². The lowest BCUT2D eigenvalue weighted by molar-refractivity contribution is -0.116. The highest BCUT2D eigenvalue weighted by atomic mass is 35.5. The third-order valence-electron chi connectivity index (χ3n) is 2.92. The molecule has 0 saturated carbocycles. The molecule has 0 fully saturated rings. The molecule has 6 heteroatoms. The summed E-state index contributed by atoms with van der Waals surface area (Å²) < 4.78 is 6.11. The van der Waals surface area contributed by atoms with Gasteiger partial charge in [-0.1, -0.05) is 42.7 Å². The zero-order valence-electron chi connectivity index (χ0n) is 11.5. The molecule has 108 valence electrons. The molecule has 0 unspecified atom stereocenters. The topological polar surface area (TPSA) is 51.2 Å². The van der Waals surface area contributed by atoms with Crippen molar-refractivity contribution >= 4 is 44.2 Å². The van der Waals surface area contributed by atoms with E-state index < -0.39 is 0 Å². The smallest absolute Gasteiger partial charge is 0.226 e. The van der Waals surface area contributed by atoms with E-state index in [9.17, 15) is 4.79 Å². The van der Waals surface area contributed by atoms with Crippen molar-refractivity contribution in [2.45, 2.75) is 32.6 Å². The van der Waals surface area contributed by atoms with E-state index in [1.54, 1.807) is 13.2 Å². The summed E-state index contributed by atoms with van der Waals surface area (Å²) in [6, 6.07) is 3.58. The highest BCUT2D eigenvalue weighted by Crippen LogP contribution is 2.34. The molecule has 0 aliphatic rings. The van der Waals surface area contributed by atoms with Crippen molar-refractivity contribution < 1.29 is 9.53 Å². The second-order valence-electron chi connectivity index (χ2n) is 4.48. The van der Waals surface area contributed by atoms with Crippen LogP contribution >= 0.6 is 22.9 Å². The second kappa shape index (κ2) is 6.90. The van der Waals surface area contributed by atoms with Gasteiger partial charge in [0.15, 0.2) is 5.13 Å². The first-order chi connectivity index (χ1) is 9.63. The van der Waals surface area contributed by atoms with Crippen molar-refractivity contribution in [3.05, 3.63) is 17.2 Å². The molecule has 20 heavy (non-hydrogen) atoms. The monoisotopic (exact) mass is 312 g/mol. The molecule has 2 aromatic rings. The number of hydrogen-bond donors (Lipinski definition) is 1. The average molecular weight is 313 g/mol. The van der Waals surface area contributed by atoms with Gasteiger partial charge in [0.05, 0.1) is 22.3 Å². The van der Waals surface area contributed by atoms with Crippen LogP contribution in [-0.4, -0.2) is 18.0 Å². The maximum absolute atomic E-state index is 11.8. The van der Waals surface area contributed by atoms with E-state index in [1.165, 1.54) is 11.3 Å². The Morgan fingerprint density at radius 3 is 2.95 bits per heavy atom. The zero-order chi connectivity index (χ0) is 14.5. The number of rotatable bonds is 6. The maximum atomic E-state index is 11.8. The number of anilines is 1. The van der Waals surface area contributed by atoms with Crippen LogP contribution in [0.2, 0.25) is 5.02 Å². The summed E-state index contributed by atoms with van der Waals surface area (Å²) in [6.45, 7) is 2.11. The first kappa shape index (κ1) is 15.1. The number of nitrogens with zero attached hydrogens (tertiary/aromatic N) is 1. The van der Waals surface area contributed by atoms with Gasteiger partial charge in [0.2, 0.25) is 5.91 Å². The van der Waals surface area contributed by atoms with Gasteiger partial charge in [-0.2, -0.15) is 0 Å². The number of carbonyl (C=O) groups excluding carboxylic acids is 1. The van der Waals surface area contributed by atoms with Crippen LogP contribution in [0.3, 0.4) is 0 Å². The van der Waals surface area contributed by atoms with Crippen molar-refractivity contribution in [3.8, 4) is 5.75 Å². The molecule has 0 saturated heterocycles. The molecular formula is C14H17ClN2O2S. The second-order valence-corrected chi connectivity index (χ2v) is 5.92. The summed E-state index contributed by atoms with van der Waals surface area (Å²) >= 11 is 7.48. The van der Waals surface area contributed by atoms with Gasteiger partial charge >= 0.3 is 0 Å². The first-order valence-corrected chi connectivity index (χ1v) is 7.77. The van der Waals surface area contributed by atoms with Gasteiger partial charge in [0.25, 0.3) is 0 Å². The van der Waals surface area contributed by atoms with E-state index >= 15 is 0 Å². The fraction of sp³-hybridized carbons (Fsp3) is 0.429. The minimum Gasteiger partial charge on any atom is -0.495 e. The fourth-order valence-corrected chi connectivity index (χ4v) is 2.98. The Bertz CT molecular complexity index is 612. The number of fused-ring (bicyclic) bond motifs is 1. The van der Waals surface area contributed by atoms with Crippen LogP contribution in [0.4, 0.5) is 5.13 Å². The molecule has 1 heterocycles. The Morgan fingerprint density at radius 1 is 1.45 bits per heavy atom. The Morgan fingerprint density at radius 2 is 2.25 bits per heavy atom. The molecule has 1 N–H and O–H groups in total. The van der Waals surface area contributed by atoms with Gasteiger partial charge in [0, 0.05) is 12.5 Å². The number of methoxy groups -OCH3 is 1. The zero-order valence-corrected chi connectivity index (χ0v) is 13.1. The van der Waals surface area contributed by atoms with Crippen LogP contribution in [-0.2, 0) is 4.79 Å². The number of hydrogen-bond acceptors (Lipinski definition) is 4. The lowest BCUT2D eigenvalue weighted by Gasteiger charge is -2.00. The third kappa shape index (κ3) is 3.61. The van der Waals surface area contributed by atoms with Crippen molar-refractivity contribution in [2.75, 3.05) is 12.4 Å². The largest absolute Gasteiger partial charge is 0.495 e. The van der Waals surface area contributed by atoms with Gasteiger partial charge < -0.3 is 10.1 Å². The summed E-state index contributed by atoms with van der Waals surface area (Å²) in [5.41, 5.74) is 0.768. The predicted octanol–water partition coefficient (Wildman–Crippen LogP) is 4.48. The highest BCUT2D eigenvalue weighted by molar-refractivity contribution is 7.22. The number of carbonyl (C=O) groups is 1. The quantitative estimate of drug-likeness (QED) is 0.800. The van der Waals surface area contributed by atoms with Gasteiger partial charge in [0.1, 0.15) is 5.75 Å². The molecule has 0 aliphatic carbocycles. The maximum Gasteiger partial charge on any atom is 0.226 e. The number of unbranched alkanes of at least 4 members (excludes halogenated alkanes) is 2. The van der Waals surface area contributed by atoms with Crippen LogP contribution < -0.4 is 10.1 Å². The molecule has 0 radical (unpaired) electrons. The van der Waals surface area contributed by atoms with Crippen molar-refractivity contribution in [2.24, 2.45) is 0 Å². The Kier molecular flexibility index (Phi) is 5.20. The number of thiazole rings is 1. The van der Waals surface area contributed by atoms with E-state index in [1.807, 2.05) is 6.07 Å². The molecule has 1 aromatic heterocycles. The number of halogens is 1. The molecule has 0 aliphatic heterocycles. The predicted molar refractivity (Wildman–Crippen MR) is 84.0 cm³/mol. The SMILES string of the molecule is CCCCCC(=O)Nc1nc2cc(Cl)c(OC)cc2s1. The minimum absolute atomic E-state index is 0.00979. The van der Waals surface area contributed by atoms with Crippen molar-refractivity contribution in [1.29, 1.82) is 0 Å². The molecule has 1 aromatic carbocycles. The first-order valence-electron chi connectivity index (χ1n) is 6.58. The Labute approximate surface area is 127 Å². The molecule has 1 amide bonds. The van der Waals surface area contributed by atoms with E-state index in [0.717, 1.165) is 29.5 Å². The number of aromatic nitrogens is 1. The minimum atomic E-state index is 0.00979. The fourth-order valence-electron chi connectivity index (χ4n) is 1.86. The van der Waals surface area contributed by atoms with Crippen LogP contribution in [0.5, 0.6) is 5.75 Å². The van der Waals surface area contributed by atoms with Gasteiger partial charge in [-0.15, -0.1) is 0 Å². The summed E-state index contributed by atoms with van der Waals surface area (Å²) in [5.74, 6) is 0.624. The molecule has 4 nitrogen and oxygen atoms in total. The lowest BCUT2D eigenvalue weighted by Crippen LogP contribution is -2.10. The van der Waals surface area contributed by atoms with E-state index in [2.05, 4.69) is 17.2 Å². The van der Waals surface area contributed by atoms with Gasteiger partial charge in [-0.05, 0) is 12.5 Å². The Hall–Kier alpha value is -1.33. The Balaban J connectivity index is 2.09. The number of nitrogens with one attached hydrogen (secondary N) is 1. The van der Waals surface area contributed by atoms with E-state index in [0.29, 0.717) is 22.3 Å². The van der Waals surface area contributed by atoms with Crippen LogP contribution in [0.1, 0.15) is 32.6 Å². The number of amides is 1. The molecule has 0 bridgehead atoms. The van der Waals surface area contributed by atoms with Crippen LogP contribution in [0.25, 0.3) is 10.2 Å². The highest BCUT2D eigenvalue weighted by Gasteiger charge is 2.10.